The molecule has 0 amide bonds. The summed E-state index contributed by atoms with van der Waals surface area (Å²) in [5.41, 5.74) is 5.42. The van der Waals surface area contributed by atoms with E-state index in [9.17, 15) is 8.78 Å². The molecular formula is C13H16F2N2OS. The molecule has 1 saturated heterocycles. The summed E-state index contributed by atoms with van der Waals surface area (Å²) in [6.07, 6.45) is 1.84. The van der Waals surface area contributed by atoms with Crippen LogP contribution in [0, 0.1) is 17.6 Å². The minimum atomic E-state index is -0.675. The topological polar surface area (TPSA) is 47.3 Å². The number of thiocarbonyl (C=S) groups is 1. The number of hydrogen-bond donors (Lipinski definition) is 2. The van der Waals surface area contributed by atoms with Gasteiger partial charge in [-0.05, 0) is 30.9 Å². The van der Waals surface area contributed by atoms with E-state index in [1.165, 1.54) is 0 Å². The summed E-state index contributed by atoms with van der Waals surface area (Å²) >= 11 is 4.69. The Hall–Kier alpha value is -1.27. The Morgan fingerprint density at radius 2 is 2.11 bits per heavy atom. The van der Waals surface area contributed by atoms with Gasteiger partial charge in [-0.15, -0.1) is 0 Å². The highest BCUT2D eigenvalue weighted by Crippen LogP contribution is 2.22. The molecule has 104 valence electrons. The van der Waals surface area contributed by atoms with Crippen molar-refractivity contribution in [2.75, 3.05) is 25.1 Å². The first-order chi connectivity index (χ1) is 9.08. The summed E-state index contributed by atoms with van der Waals surface area (Å²) in [5.74, 6) is -0.884. The maximum absolute atomic E-state index is 13.7. The van der Waals surface area contributed by atoms with Gasteiger partial charge in [0, 0.05) is 25.3 Å². The van der Waals surface area contributed by atoms with Crippen LogP contribution in [0.25, 0.3) is 0 Å². The molecule has 0 aliphatic carbocycles. The molecule has 1 aromatic rings. The van der Waals surface area contributed by atoms with Gasteiger partial charge in [0.15, 0.2) is 0 Å². The van der Waals surface area contributed by atoms with Crippen LogP contribution in [0.15, 0.2) is 12.1 Å². The average Bonchev–Trinajstić information content (AvgIpc) is 2.85. The Balaban J connectivity index is 1.97. The molecule has 3 N–H and O–H groups in total. The molecule has 19 heavy (non-hydrogen) atoms. The molecule has 0 radical (unpaired) electrons. The third-order valence-electron chi connectivity index (χ3n) is 3.20. The summed E-state index contributed by atoms with van der Waals surface area (Å²) in [5, 5.41) is 2.78. The second-order valence-electron chi connectivity index (χ2n) is 4.62. The number of benzene rings is 1. The van der Waals surface area contributed by atoms with E-state index >= 15 is 0 Å². The number of rotatable bonds is 5. The second kappa shape index (κ2) is 6.25. The fourth-order valence-corrected chi connectivity index (χ4v) is 2.21. The first kappa shape index (κ1) is 14.1. The molecule has 1 heterocycles. The van der Waals surface area contributed by atoms with Gasteiger partial charge in [0.25, 0.3) is 0 Å². The summed E-state index contributed by atoms with van der Waals surface area (Å²) < 4.78 is 32.7. The standard InChI is InChI=1S/C13H16F2N2OS/c14-10-5-9(13(16)19)6-11(15)12(10)17-3-1-8-2-4-18-7-8/h5-6,8,17H,1-4,7H2,(H2,16,19). The van der Waals surface area contributed by atoms with E-state index < -0.39 is 11.6 Å². The van der Waals surface area contributed by atoms with Crippen LogP contribution in [0.3, 0.4) is 0 Å². The molecule has 1 aromatic carbocycles. The molecule has 3 nitrogen and oxygen atoms in total. The first-order valence-corrected chi connectivity index (χ1v) is 6.59. The molecule has 0 bridgehead atoms. The predicted octanol–water partition coefficient (Wildman–Crippen LogP) is 2.44. The van der Waals surface area contributed by atoms with E-state index in [1.54, 1.807) is 0 Å². The number of halogens is 2. The van der Waals surface area contributed by atoms with Crippen LogP contribution in [-0.2, 0) is 4.74 Å². The normalized spacial score (nSPS) is 18.5. The average molecular weight is 286 g/mol. The highest BCUT2D eigenvalue weighted by Gasteiger charge is 2.16. The number of nitrogens with two attached hydrogens (primary N) is 1. The van der Waals surface area contributed by atoms with Crippen molar-refractivity contribution in [1.29, 1.82) is 0 Å². The zero-order chi connectivity index (χ0) is 13.8. The van der Waals surface area contributed by atoms with Crippen molar-refractivity contribution >= 4 is 22.9 Å². The van der Waals surface area contributed by atoms with E-state index in [2.05, 4.69) is 5.32 Å². The van der Waals surface area contributed by atoms with E-state index in [1.807, 2.05) is 0 Å². The highest BCUT2D eigenvalue weighted by molar-refractivity contribution is 7.80. The third kappa shape index (κ3) is 3.61. The lowest BCUT2D eigenvalue weighted by atomic mass is 10.1. The van der Waals surface area contributed by atoms with Crippen molar-refractivity contribution in [3.63, 3.8) is 0 Å². The van der Waals surface area contributed by atoms with Crippen LogP contribution in [0.4, 0.5) is 14.5 Å². The van der Waals surface area contributed by atoms with Gasteiger partial charge >= 0.3 is 0 Å². The van der Waals surface area contributed by atoms with E-state index in [0.29, 0.717) is 12.5 Å². The van der Waals surface area contributed by atoms with Gasteiger partial charge in [-0.25, -0.2) is 8.78 Å². The second-order valence-corrected chi connectivity index (χ2v) is 5.06. The number of ether oxygens (including phenoxy) is 1. The number of nitrogens with one attached hydrogen (secondary N) is 1. The molecule has 0 aromatic heterocycles. The molecule has 1 aliphatic heterocycles. The third-order valence-corrected chi connectivity index (χ3v) is 3.44. The van der Waals surface area contributed by atoms with Crippen LogP contribution >= 0.6 is 12.2 Å². The van der Waals surface area contributed by atoms with Gasteiger partial charge in [0.05, 0.1) is 0 Å². The van der Waals surface area contributed by atoms with Crippen LogP contribution in [0.5, 0.6) is 0 Å². The summed E-state index contributed by atoms with van der Waals surface area (Å²) in [4.78, 5) is -0.0209. The minimum absolute atomic E-state index is 0.0209. The van der Waals surface area contributed by atoms with Crippen LogP contribution in [0.2, 0.25) is 0 Å². The molecule has 1 aliphatic rings. The molecular weight excluding hydrogens is 270 g/mol. The Kier molecular flexibility index (Phi) is 4.66. The Bertz CT molecular complexity index is 453. The van der Waals surface area contributed by atoms with Gasteiger partial charge in [0.1, 0.15) is 22.3 Å². The zero-order valence-electron chi connectivity index (χ0n) is 10.4. The molecule has 6 heteroatoms. The van der Waals surface area contributed by atoms with E-state index in [0.717, 1.165) is 38.2 Å². The summed E-state index contributed by atoms with van der Waals surface area (Å²) in [7, 11) is 0. The first-order valence-electron chi connectivity index (χ1n) is 6.18. The minimum Gasteiger partial charge on any atom is -0.389 e. The van der Waals surface area contributed by atoms with Crippen LogP contribution < -0.4 is 11.1 Å². The molecule has 1 unspecified atom stereocenters. The quantitative estimate of drug-likeness (QED) is 0.816. The highest BCUT2D eigenvalue weighted by atomic mass is 32.1. The Morgan fingerprint density at radius 1 is 1.42 bits per heavy atom. The van der Waals surface area contributed by atoms with Crippen molar-refractivity contribution in [2.45, 2.75) is 12.8 Å². The maximum atomic E-state index is 13.7. The Labute approximate surface area is 116 Å². The van der Waals surface area contributed by atoms with Gasteiger partial charge in [-0.1, -0.05) is 12.2 Å². The van der Waals surface area contributed by atoms with Gasteiger partial charge in [-0.3, -0.25) is 0 Å². The smallest absolute Gasteiger partial charge is 0.150 e. The largest absolute Gasteiger partial charge is 0.389 e. The Morgan fingerprint density at radius 3 is 2.63 bits per heavy atom. The molecule has 0 spiro atoms. The molecule has 2 rings (SSSR count). The van der Waals surface area contributed by atoms with Crippen LogP contribution in [-0.4, -0.2) is 24.7 Å². The fourth-order valence-electron chi connectivity index (χ4n) is 2.10. The lowest BCUT2D eigenvalue weighted by Crippen LogP contribution is -2.14. The van der Waals surface area contributed by atoms with Crippen molar-refractivity contribution < 1.29 is 13.5 Å². The van der Waals surface area contributed by atoms with Crippen molar-refractivity contribution in [3.05, 3.63) is 29.3 Å². The van der Waals surface area contributed by atoms with E-state index in [-0.39, 0.29) is 16.2 Å². The van der Waals surface area contributed by atoms with Crippen molar-refractivity contribution in [3.8, 4) is 0 Å². The van der Waals surface area contributed by atoms with Crippen molar-refractivity contribution in [2.24, 2.45) is 11.7 Å². The van der Waals surface area contributed by atoms with Gasteiger partial charge in [-0.2, -0.15) is 0 Å². The molecule has 0 saturated carbocycles. The summed E-state index contributed by atoms with van der Waals surface area (Å²) in [6.45, 7) is 2.01. The lowest BCUT2D eigenvalue weighted by Gasteiger charge is -2.12. The lowest BCUT2D eigenvalue weighted by molar-refractivity contribution is 0.185. The van der Waals surface area contributed by atoms with E-state index in [4.69, 9.17) is 22.7 Å². The predicted molar refractivity (Wildman–Crippen MR) is 74.3 cm³/mol. The summed E-state index contributed by atoms with van der Waals surface area (Å²) in [6, 6.07) is 2.29. The zero-order valence-corrected chi connectivity index (χ0v) is 11.2. The fraction of sp³-hybridized carbons (Fsp3) is 0.462. The monoisotopic (exact) mass is 286 g/mol. The van der Waals surface area contributed by atoms with Gasteiger partial charge < -0.3 is 15.8 Å². The SMILES string of the molecule is NC(=S)c1cc(F)c(NCCC2CCOC2)c(F)c1. The maximum Gasteiger partial charge on any atom is 0.150 e. The van der Waals surface area contributed by atoms with Crippen molar-refractivity contribution in [1.82, 2.24) is 0 Å². The van der Waals surface area contributed by atoms with Crippen LogP contribution in [0.1, 0.15) is 18.4 Å². The van der Waals surface area contributed by atoms with Gasteiger partial charge in [0.2, 0.25) is 0 Å². The molecule has 1 fully saturated rings. The number of anilines is 1. The molecule has 1 atom stereocenters. The number of hydrogen-bond acceptors (Lipinski definition) is 3.